The monoisotopic (exact) mass is 503 g/mol. The van der Waals surface area contributed by atoms with Crippen LogP contribution in [-0.4, -0.2) is 74.6 Å². The Bertz CT molecular complexity index is 1250. The summed E-state index contributed by atoms with van der Waals surface area (Å²) in [7, 11) is 3.10. The molecule has 0 saturated heterocycles. The van der Waals surface area contributed by atoms with Crippen molar-refractivity contribution in [2.45, 2.75) is 50.9 Å². The van der Waals surface area contributed by atoms with Crippen LogP contribution in [0.25, 0.3) is 0 Å². The third-order valence-electron chi connectivity index (χ3n) is 7.45. The summed E-state index contributed by atoms with van der Waals surface area (Å²) in [5.41, 5.74) is 1.37. The molecule has 0 heterocycles. The van der Waals surface area contributed by atoms with Crippen molar-refractivity contribution in [3.8, 4) is 5.75 Å². The first-order chi connectivity index (χ1) is 16.7. The number of carbonyl (C=O) groups is 3. The third kappa shape index (κ3) is 3.53. The fourth-order valence-electron chi connectivity index (χ4n) is 5.79. The minimum atomic E-state index is -2.71. The van der Waals surface area contributed by atoms with Crippen molar-refractivity contribution in [2.75, 3.05) is 14.1 Å². The number of fused-ring (bicyclic) bond motifs is 3. The van der Waals surface area contributed by atoms with Gasteiger partial charge in [0.15, 0.2) is 11.4 Å². The highest BCUT2D eigenvalue weighted by atomic mass is 19.1. The van der Waals surface area contributed by atoms with Gasteiger partial charge >= 0.3 is 0 Å². The van der Waals surface area contributed by atoms with Crippen LogP contribution in [0.5, 0.6) is 5.75 Å². The molecular weight excluding hydrogens is 473 g/mol. The van der Waals surface area contributed by atoms with Crippen molar-refractivity contribution in [1.82, 2.24) is 10.2 Å². The molecule has 194 valence electrons. The lowest BCUT2D eigenvalue weighted by molar-refractivity contribution is -0.148. The maximum absolute atomic E-state index is 14.9. The number of allylic oxidation sites excluding steroid dienone is 1. The molecule has 4 rings (SSSR count). The van der Waals surface area contributed by atoms with E-state index in [4.69, 9.17) is 5.73 Å². The Morgan fingerprint density at radius 3 is 2.47 bits per heavy atom. The van der Waals surface area contributed by atoms with Gasteiger partial charge in [-0.2, -0.15) is 0 Å². The molecule has 0 aromatic heterocycles. The number of nitrogens with zero attached hydrogens (tertiary/aromatic N) is 1. The van der Waals surface area contributed by atoms with E-state index in [-0.39, 0.29) is 47.7 Å². The van der Waals surface area contributed by atoms with Crippen LogP contribution in [0.15, 0.2) is 28.7 Å². The number of halogens is 1. The number of phenols is 1. The van der Waals surface area contributed by atoms with Crippen LogP contribution in [0.1, 0.15) is 41.8 Å². The molecule has 11 heteroatoms. The molecular formula is C25H30FN3O7. The van der Waals surface area contributed by atoms with E-state index < -0.39 is 69.6 Å². The Morgan fingerprint density at radius 1 is 1.28 bits per heavy atom. The summed E-state index contributed by atoms with van der Waals surface area (Å²) in [6, 6.07) is 0.0730. The summed E-state index contributed by atoms with van der Waals surface area (Å²) in [5.74, 6) is -8.16. The lowest BCUT2D eigenvalue weighted by Crippen LogP contribution is -2.63. The normalized spacial score (nSPS) is 27.9. The van der Waals surface area contributed by atoms with E-state index in [1.54, 1.807) is 14.1 Å². The average Bonchev–Trinajstić information content (AvgIpc) is 2.75. The molecule has 0 spiro atoms. The van der Waals surface area contributed by atoms with Crippen LogP contribution >= 0.6 is 0 Å². The highest BCUT2D eigenvalue weighted by Gasteiger charge is 2.63. The number of hydrogen-bond acceptors (Lipinski definition) is 9. The highest BCUT2D eigenvalue weighted by Crippen LogP contribution is 2.52. The number of nitrogens with two attached hydrogens (primary N) is 1. The highest BCUT2D eigenvalue weighted by molar-refractivity contribution is 6.24. The number of aromatic hydroxyl groups is 1. The first kappa shape index (κ1) is 25.8. The fraction of sp³-hybridized carbons (Fsp3) is 0.480. The second-order valence-electron chi connectivity index (χ2n) is 10.2. The Morgan fingerprint density at radius 2 is 1.92 bits per heavy atom. The molecule has 1 aromatic rings. The number of carbonyl (C=O) groups excluding carboxylic acids is 3. The molecule has 0 fully saturated rings. The first-order valence-corrected chi connectivity index (χ1v) is 11.6. The zero-order valence-corrected chi connectivity index (χ0v) is 20.4. The summed E-state index contributed by atoms with van der Waals surface area (Å²) in [5, 5.41) is 47.4. The van der Waals surface area contributed by atoms with Crippen LogP contribution in [0.4, 0.5) is 4.39 Å². The predicted molar refractivity (Wildman–Crippen MR) is 126 cm³/mol. The van der Waals surface area contributed by atoms with Gasteiger partial charge in [-0.05, 0) is 44.5 Å². The van der Waals surface area contributed by atoms with Gasteiger partial charge in [-0.3, -0.25) is 19.3 Å². The summed E-state index contributed by atoms with van der Waals surface area (Å²) in [6.45, 7) is 3.62. The molecule has 7 N–H and O–H groups in total. The molecule has 0 saturated carbocycles. The summed E-state index contributed by atoms with van der Waals surface area (Å²) in [4.78, 5) is 40.3. The van der Waals surface area contributed by atoms with Gasteiger partial charge in [0.2, 0.25) is 5.78 Å². The van der Waals surface area contributed by atoms with Crippen molar-refractivity contribution >= 4 is 17.5 Å². The number of phenolic OH excluding ortho intramolecular Hbond substituents is 1. The molecule has 0 bridgehead atoms. The number of hydrogen-bond donors (Lipinski definition) is 6. The van der Waals surface area contributed by atoms with Gasteiger partial charge in [0.25, 0.3) is 5.91 Å². The van der Waals surface area contributed by atoms with E-state index in [2.05, 4.69) is 5.32 Å². The molecule has 0 aliphatic heterocycles. The van der Waals surface area contributed by atoms with Crippen molar-refractivity contribution in [2.24, 2.45) is 17.6 Å². The van der Waals surface area contributed by atoms with Gasteiger partial charge in [-0.15, -0.1) is 0 Å². The van der Waals surface area contributed by atoms with Crippen LogP contribution in [0.3, 0.4) is 0 Å². The Labute approximate surface area is 206 Å². The van der Waals surface area contributed by atoms with Crippen LogP contribution in [-0.2, 0) is 22.6 Å². The molecule has 1 amide bonds. The number of rotatable bonds is 5. The minimum absolute atomic E-state index is 0.0259. The number of aliphatic hydroxyl groups is 3. The molecule has 1 aromatic carbocycles. The fourth-order valence-corrected chi connectivity index (χ4v) is 5.79. The number of likely N-dealkylation sites (N-methyl/N-ethyl adjacent to an activating group) is 1. The van der Waals surface area contributed by atoms with Crippen molar-refractivity contribution in [3.05, 3.63) is 51.2 Å². The Hall–Kier alpha value is -3.28. The lowest BCUT2D eigenvalue weighted by atomic mass is 9.58. The summed E-state index contributed by atoms with van der Waals surface area (Å²) in [6.07, 6.45) is -0.0122. The second-order valence-corrected chi connectivity index (χ2v) is 10.2. The standard InChI is InChI=1S/C25H30FN3O7/c1-9(2)28-8-12-14(26)7-11-5-10-6-13-18(29(3)4)21(32)17(24(27)35)23(34)25(13,36)22(33)16(10)20(31)15(11)19(12)30/h7,9-10,13,18,28,30,32-33,36H,5-6,8H2,1-4H3,(H2,27,35)/t10-,13-,18-,25-/m0/s1. The second kappa shape index (κ2) is 8.68. The molecule has 0 unspecified atom stereocenters. The van der Waals surface area contributed by atoms with E-state index in [0.717, 1.165) is 0 Å². The van der Waals surface area contributed by atoms with E-state index in [1.165, 1.54) is 11.0 Å². The van der Waals surface area contributed by atoms with E-state index >= 15 is 0 Å². The van der Waals surface area contributed by atoms with Crippen LogP contribution in [0.2, 0.25) is 0 Å². The number of amides is 1. The zero-order chi connectivity index (χ0) is 26.9. The van der Waals surface area contributed by atoms with Gasteiger partial charge in [0.1, 0.15) is 28.7 Å². The van der Waals surface area contributed by atoms with E-state index in [0.29, 0.717) is 0 Å². The number of nitrogens with one attached hydrogen (secondary N) is 1. The minimum Gasteiger partial charge on any atom is -0.510 e. The summed E-state index contributed by atoms with van der Waals surface area (Å²) < 4.78 is 14.9. The van der Waals surface area contributed by atoms with E-state index in [1.807, 2.05) is 13.8 Å². The SMILES string of the molecule is CC(C)NCc1c(F)cc2c(c1O)C(=O)C1=C(O)[C@]3(O)C(=O)C(C(N)=O)=C(O)[C@@H](N(C)C)[C@@H]3C[C@@H]1C2. The van der Waals surface area contributed by atoms with E-state index in [9.17, 15) is 39.2 Å². The number of benzene rings is 1. The smallest absolute Gasteiger partial charge is 0.255 e. The van der Waals surface area contributed by atoms with Crippen LogP contribution in [0, 0.1) is 17.7 Å². The number of aliphatic hydroxyl groups excluding tert-OH is 2. The summed E-state index contributed by atoms with van der Waals surface area (Å²) >= 11 is 0. The predicted octanol–water partition coefficient (Wildman–Crippen LogP) is 0.758. The van der Waals surface area contributed by atoms with Crippen molar-refractivity contribution in [3.63, 3.8) is 0 Å². The quantitative estimate of drug-likeness (QED) is 0.317. The van der Waals surface area contributed by atoms with Gasteiger partial charge in [-0.25, -0.2) is 4.39 Å². The molecule has 10 nitrogen and oxygen atoms in total. The van der Waals surface area contributed by atoms with Crippen molar-refractivity contribution < 1.29 is 39.2 Å². The van der Waals surface area contributed by atoms with Gasteiger partial charge in [0.05, 0.1) is 11.6 Å². The maximum Gasteiger partial charge on any atom is 0.255 e. The Balaban J connectivity index is 1.90. The molecule has 4 atom stereocenters. The largest absolute Gasteiger partial charge is 0.510 e. The lowest BCUT2D eigenvalue weighted by Gasteiger charge is -2.50. The number of ketones is 2. The average molecular weight is 504 g/mol. The van der Waals surface area contributed by atoms with Gasteiger partial charge < -0.3 is 31.5 Å². The molecule has 0 radical (unpaired) electrons. The molecule has 36 heavy (non-hydrogen) atoms. The Kier molecular flexibility index (Phi) is 6.22. The van der Waals surface area contributed by atoms with Gasteiger partial charge in [-0.1, -0.05) is 13.8 Å². The van der Waals surface area contributed by atoms with Crippen molar-refractivity contribution in [1.29, 1.82) is 0 Å². The molecule has 3 aliphatic carbocycles. The topological polar surface area (TPSA) is 173 Å². The maximum atomic E-state index is 14.9. The third-order valence-corrected chi connectivity index (χ3v) is 7.45. The first-order valence-electron chi connectivity index (χ1n) is 11.6. The zero-order valence-electron chi connectivity index (χ0n) is 20.4. The number of primary amides is 1. The number of Topliss-reactive ketones (excluding diaryl/α,β-unsaturated/α-hetero) is 2. The molecule has 3 aliphatic rings. The van der Waals surface area contributed by atoms with Crippen LogP contribution < -0.4 is 11.1 Å². The van der Waals surface area contributed by atoms with Gasteiger partial charge in [0, 0.05) is 29.6 Å².